The number of ether oxygens (including phenoxy) is 1. The summed E-state index contributed by atoms with van der Waals surface area (Å²) in [5, 5.41) is 30.5. The van der Waals surface area contributed by atoms with Crippen LogP contribution in [-0.4, -0.2) is 74.3 Å². The number of nitrogens with zero attached hydrogens (tertiary/aromatic N) is 3. The summed E-state index contributed by atoms with van der Waals surface area (Å²) in [6, 6.07) is 2.36. The summed E-state index contributed by atoms with van der Waals surface area (Å²) in [7, 11) is 0. The molecule has 3 atom stereocenters. The molecule has 2 amide bonds. The second kappa shape index (κ2) is 7.75. The maximum Gasteiger partial charge on any atom is 0.407 e. The second-order valence-electron chi connectivity index (χ2n) is 7.03. The summed E-state index contributed by atoms with van der Waals surface area (Å²) in [6.07, 6.45) is -1.09. The van der Waals surface area contributed by atoms with Crippen molar-refractivity contribution in [2.24, 2.45) is 0 Å². The van der Waals surface area contributed by atoms with E-state index in [0.717, 1.165) is 0 Å². The third kappa shape index (κ3) is 5.64. The molecule has 1 aliphatic rings. The van der Waals surface area contributed by atoms with Crippen molar-refractivity contribution < 1.29 is 24.5 Å². The SMILES string of the molecule is CC(C)(C)OC(=O)N[C@@H]1C[C@@H](O)CN(C(=O)c2cccnn2)C[C@H]1O. The number of aliphatic hydroxyl groups excluding tert-OH is 2. The van der Waals surface area contributed by atoms with Gasteiger partial charge in [-0.2, -0.15) is 5.10 Å². The molecule has 9 heteroatoms. The van der Waals surface area contributed by atoms with E-state index >= 15 is 0 Å². The number of aliphatic hydroxyl groups is 2. The highest BCUT2D eigenvalue weighted by atomic mass is 16.6. The number of hydrogen-bond donors (Lipinski definition) is 3. The molecule has 0 radical (unpaired) electrons. The summed E-state index contributed by atoms with van der Waals surface area (Å²) in [4.78, 5) is 25.7. The van der Waals surface area contributed by atoms with Gasteiger partial charge in [-0.1, -0.05) is 0 Å². The number of nitrogens with one attached hydrogen (secondary N) is 1. The molecule has 25 heavy (non-hydrogen) atoms. The minimum Gasteiger partial charge on any atom is -0.444 e. The van der Waals surface area contributed by atoms with Crippen LogP contribution in [0.25, 0.3) is 0 Å². The molecule has 0 bridgehead atoms. The first-order valence-electron chi connectivity index (χ1n) is 8.08. The third-order valence-electron chi connectivity index (χ3n) is 3.61. The number of likely N-dealkylation sites (tertiary alicyclic amines) is 1. The van der Waals surface area contributed by atoms with Crippen LogP contribution in [0, 0.1) is 0 Å². The van der Waals surface area contributed by atoms with Crippen LogP contribution in [0.15, 0.2) is 18.3 Å². The molecule has 0 spiro atoms. The number of amides is 2. The molecule has 2 rings (SSSR count). The highest BCUT2D eigenvalue weighted by molar-refractivity contribution is 5.92. The van der Waals surface area contributed by atoms with E-state index in [1.165, 1.54) is 17.2 Å². The fourth-order valence-corrected chi connectivity index (χ4v) is 2.56. The molecule has 0 saturated carbocycles. The Kier molecular flexibility index (Phi) is 5.91. The summed E-state index contributed by atoms with van der Waals surface area (Å²) in [5.74, 6) is -0.441. The third-order valence-corrected chi connectivity index (χ3v) is 3.61. The van der Waals surface area contributed by atoms with Crippen LogP contribution in [-0.2, 0) is 4.74 Å². The molecular weight excluding hydrogens is 328 g/mol. The Bertz CT molecular complexity index is 604. The smallest absolute Gasteiger partial charge is 0.407 e. The molecule has 1 saturated heterocycles. The van der Waals surface area contributed by atoms with Crippen LogP contribution in [0.5, 0.6) is 0 Å². The maximum atomic E-state index is 12.4. The van der Waals surface area contributed by atoms with E-state index in [1.807, 2.05) is 0 Å². The molecule has 1 aromatic rings. The first-order valence-corrected chi connectivity index (χ1v) is 8.08. The summed E-state index contributed by atoms with van der Waals surface area (Å²) in [6.45, 7) is 5.16. The standard InChI is InChI=1S/C16H24N4O5/c1-16(2,3)25-15(24)18-12-7-10(21)8-20(9-13(12)22)14(23)11-5-4-6-17-19-11/h4-6,10,12-13,21-22H,7-9H2,1-3H3,(H,18,24)/t10-,12-,13-/m1/s1. The molecule has 1 fully saturated rings. The molecule has 2 heterocycles. The first-order chi connectivity index (χ1) is 11.7. The van der Waals surface area contributed by atoms with Crippen LogP contribution in [0.3, 0.4) is 0 Å². The van der Waals surface area contributed by atoms with Gasteiger partial charge < -0.3 is 25.2 Å². The fourth-order valence-electron chi connectivity index (χ4n) is 2.56. The molecular formula is C16H24N4O5. The molecule has 3 N–H and O–H groups in total. The van der Waals surface area contributed by atoms with Gasteiger partial charge in [0, 0.05) is 19.3 Å². The van der Waals surface area contributed by atoms with E-state index in [1.54, 1.807) is 26.8 Å². The van der Waals surface area contributed by atoms with Crippen LogP contribution in [0.2, 0.25) is 0 Å². The predicted octanol–water partition coefficient (Wildman–Crippen LogP) is -0.0624. The van der Waals surface area contributed by atoms with Crippen molar-refractivity contribution in [1.82, 2.24) is 20.4 Å². The number of alkyl carbamates (subject to hydrolysis) is 1. The van der Waals surface area contributed by atoms with Gasteiger partial charge in [0.25, 0.3) is 5.91 Å². The fraction of sp³-hybridized carbons (Fsp3) is 0.625. The zero-order valence-corrected chi connectivity index (χ0v) is 14.5. The van der Waals surface area contributed by atoms with Gasteiger partial charge in [0.1, 0.15) is 5.60 Å². The van der Waals surface area contributed by atoms with Gasteiger partial charge in [0.2, 0.25) is 0 Å². The van der Waals surface area contributed by atoms with Gasteiger partial charge in [-0.3, -0.25) is 4.79 Å². The molecule has 0 aromatic carbocycles. The van der Waals surface area contributed by atoms with Crippen LogP contribution in [0.4, 0.5) is 4.79 Å². The normalized spacial score (nSPS) is 24.4. The van der Waals surface area contributed by atoms with Crippen LogP contribution >= 0.6 is 0 Å². The van der Waals surface area contributed by atoms with Gasteiger partial charge in [-0.15, -0.1) is 5.10 Å². The number of rotatable bonds is 2. The van der Waals surface area contributed by atoms with Gasteiger partial charge in [0.15, 0.2) is 5.69 Å². The highest BCUT2D eigenvalue weighted by Crippen LogP contribution is 2.16. The van der Waals surface area contributed by atoms with Gasteiger partial charge in [-0.05, 0) is 39.3 Å². The Hall–Kier alpha value is -2.26. The summed E-state index contributed by atoms with van der Waals surface area (Å²) in [5.41, 5.74) is -0.549. The Balaban J connectivity index is 2.04. The Morgan fingerprint density at radius 1 is 1.32 bits per heavy atom. The molecule has 0 aliphatic carbocycles. The summed E-state index contributed by atoms with van der Waals surface area (Å²) >= 11 is 0. The lowest BCUT2D eigenvalue weighted by atomic mass is 10.1. The van der Waals surface area contributed by atoms with Crippen molar-refractivity contribution in [3.63, 3.8) is 0 Å². The minimum absolute atomic E-state index is 0.0268. The van der Waals surface area contributed by atoms with E-state index < -0.39 is 35.9 Å². The first kappa shape index (κ1) is 19.1. The molecule has 0 unspecified atom stereocenters. The van der Waals surface area contributed by atoms with Gasteiger partial charge in [-0.25, -0.2) is 4.79 Å². The lowest BCUT2D eigenvalue weighted by molar-refractivity contribution is 0.0382. The van der Waals surface area contributed by atoms with E-state index in [4.69, 9.17) is 4.74 Å². The Morgan fingerprint density at radius 2 is 2.04 bits per heavy atom. The van der Waals surface area contributed by atoms with Crippen molar-refractivity contribution in [3.05, 3.63) is 24.0 Å². The van der Waals surface area contributed by atoms with E-state index in [9.17, 15) is 19.8 Å². The zero-order valence-electron chi connectivity index (χ0n) is 14.5. The number of aromatic nitrogens is 2. The largest absolute Gasteiger partial charge is 0.444 e. The monoisotopic (exact) mass is 352 g/mol. The van der Waals surface area contributed by atoms with Crippen molar-refractivity contribution in [3.8, 4) is 0 Å². The number of hydrogen-bond acceptors (Lipinski definition) is 7. The Morgan fingerprint density at radius 3 is 2.64 bits per heavy atom. The topological polar surface area (TPSA) is 125 Å². The van der Waals surface area contributed by atoms with Crippen LogP contribution < -0.4 is 5.32 Å². The van der Waals surface area contributed by atoms with Crippen LogP contribution in [0.1, 0.15) is 37.7 Å². The average molecular weight is 352 g/mol. The van der Waals surface area contributed by atoms with Crippen molar-refractivity contribution in [2.45, 2.75) is 51.0 Å². The maximum absolute atomic E-state index is 12.4. The highest BCUT2D eigenvalue weighted by Gasteiger charge is 2.34. The quantitative estimate of drug-likeness (QED) is 0.681. The molecule has 9 nitrogen and oxygen atoms in total. The van der Waals surface area contributed by atoms with Crippen molar-refractivity contribution in [2.75, 3.05) is 13.1 Å². The van der Waals surface area contributed by atoms with E-state index in [2.05, 4.69) is 15.5 Å². The lowest BCUT2D eigenvalue weighted by Gasteiger charge is -2.26. The number of carbonyl (C=O) groups excluding carboxylic acids is 2. The molecule has 1 aromatic heterocycles. The van der Waals surface area contributed by atoms with E-state index in [0.29, 0.717) is 0 Å². The lowest BCUT2D eigenvalue weighted by Crippen LogP contribution is -2.48. The van der Waals surface area contributed by atoms with E-state index in [-0.39, 0.29) is 25.2 Å². The second-order valence-corrected chi connectivity index (χ2v) is 7.03. The number of β-amino-alcohol motifs (C(OH)–C–C–N with tert-alkyl or cyclic N) is 2. The number of carbonyl (C=O) groups is 2. The molecule has 1 aliphatic heterocycles. The predicted molar refractivity (Wildman–Crippen MR) is 87.7 cm³/mol. The van der Waals surface area contributed by atoms with Gasteiger partial charge in [0.05, 0.1) is 18.2 Å². The van der Waals surface area contributed by atoms with Crippen molar-refractivity contribution in [1.29, 1.82) is 0 Å². The zero-order chi connectivity index (χ0) is 18.6. The van der Waals surface area contributed by atoms with Gasteiger partial charge >= 0.3 is 6.09 Å². The average Bonchev–Trinajstić information content (AvgIpc) is 2.64. The Labute approximate surface area is 146 Å². The minimum atomic E-state index is -1.05. The summed E-state index contributed by atoms with van der Waals surface area (Å²) < 4.78 is 5.17. The van der Waals surface area contributed by atoms with Crippen molar-refractivity contribution >= 4 is 12.0 Å². The molecule has 138 valence electrons.